The standard InChI is InChI=1S/C14H15F7O2/c1-10(2)6-4-5-11(10,3)8(22)7(6)9(23)12(15,16)13(17,18)14(19,20)21/h6,23H,4-5H2,1-3H3/b9-7-/t6-,11-/m0/s1. The number of hydrogen-bond acceptors (Lipinski definition) is 2. The van der Waals surface area contributed by atoms with Gasteiger partial charge in [-0.05, 0) is 24.2 Å². The minimum absolute atomic E-state index is 0.155. The summed E-state index contributed by atoms with van der Waals surface area (Å²) in [6.07, 6.45) is -6.12. The molecule has 23 heavy (non-hydrogen) atoms. The summed E-state index contributed by atoms with van der Waals surface area (Å²) >= 11 is 0. The number of Topliss-reactive ketones (excluding diaryl/α,β-unsaturated/α-hetero) is 1. The van der Waals surface area contributed by atoms with Crippen LogP contribution in [0, 0.1) is 16.7 Å². The molecule has 0 spiro atoms. The third-order valence-electron chi connectivity index (χ3n) is 5.62. The molecule has 2 aliphatic rings. The normalized spacial score (nSPS) is 33.3. The number of carbonyl (C=O) groups is 1. The molecule has 0 amide bonds. The minimum atomic E-state index is -6.56. The minimum Gasteiger partial charge on any atom is -0.506 e. The highest BCUT2D eigenvalue weighted by Gasteiger charge is 2.76. The molecule has 0 aromatic carbocycles. The monoisotopic (exact) mass is 348 g/mol. The zero-order chi connectivity index (χ0) is 18.2. The van der Waals surface area contributed by atoms with Crippen molar-refractivity contribution in [1.29, 1.82) is 0 Å². The van der Waals surface area contributed by atoms with Gasteiger partial charge in [0.15, 0.2) is 11.5 Å². The average molecular weight is 348 g/mol. The predicted octanol–water partition coefficient (Wildman–Crippen LogP) is 4.66. The van der Waals surface area contributed by atoms with E-state index in [1.54, 1.807) is 13.8 Å². The molecule has 0 heterocycles. The van der Waals surface area contributed by atoms with Crippen molar-refractivity contribution in [2.75, 3.05) is 0 Å². The highest BCUT2D eigenvalue weighted by Crippen LogP contribution is 2.67. The first-order valence-electron chi connectivity index (χ1n) is 6.84. The van der Waals surface area contributed by atoms with Crippen LogP contribution in [-0.4, -0.2) is 28.9 Å². The first-order valence-corrected chi connectivity index (χ1v) is 6.84. The van der Waals surface area contributed by atoms with Crippen molar-refractivity contribution >= 4 is 5.78 Å². The van der Waals surface area contributed by atoms with Crippen molar-refractivity contribution in [3.63, 3.8) is 0 Å². The molecule has 2 rings (SSSR count). The molecule has 132 valence electrons. The molecule has 0 aromatic rings. The van der Waals surface area contributed by atoms with Gasteiger partial charge >= 0.3 is 18.0 Å². The van der Waals surface area contributed by atoms with E-state index >= 15 is 0 Å². The summed E-state index contributed by atoms with van der Waals surface area (Å²) in [7, 11) is 0. The number of fused-ring (bicyclic) bond motifs is 2. The first-order chi connectivity index (χ1) is 10.0. The van der Waals surface area contributed by atoms with E-state index in [9.17, 15) is 40.6 Å². The molecular weight excluding hydrogens is 333 g/mol. The summed E-state index contributed by atoms with van der Waals surface area (Å²) in [5.41, 5.74) is -3.10. The maximum absolute atomic E-state index is 13.7. The highest BCUT2D eigenvalue weighted by atomic mass is 19.4. The van der Waals surface area contributed by atoms with E-state index in [0.29, 0.717) is 6.42 Å². The van der Waals surface area contributed by atoms with Crippen LogP contribution < -0.4 is 0 Å². The Kier molecular flexibility index (Phi) is 3.47. The lowest BCUT2D eigenvalue weighted by molar-refractivity contribution is -0.349. The van der Waals surface area contributed by atoms with Crippen LogP contribution in [0.5, 0.6) is 0 Å². The molecule has 2 bridgehead atoms. The first kappa shape index (κ1) is 18.1. The predicted molar refractivity (Wildman–Crippen MR) is 65.2 cm³/mol. The number of hydrogen-bond donors (Lipinski definition) is 1. The van der Waals surface area contributed by atoms with Crippen molar-refractivity contribution in [3.05, 3.63) is 11.3 Å². The molecular formula is C14H15F7O2. The van der Waals surface area contributed by atoms with Gasteiger partial charge < -0.3 is 5.11 Å². The number of aliphatic hydroxyl groups excluding tert-OH is 1. The number of ketones is 1. The SMILES string of the molecule is CC1(C)[C@H]2CC[C@@]1(C)C(=O)/C2=C(\O)C(F)(F)C(F)(F)C(F)(F)F. The summed E-state index contributed by atoms with van der Waals surface area (Å²) in [6.45, 7) is 4.53. The molecule has 0 saturated heterocycles. The molecule has 9 heteroatoms. The second-order valence-corrected chi connectivity index (χ2v) is 6.88. The number of aliphatic hydroxyl groups is 1. The van der Waals surface area contributed by atoms with Gasteiger partial charge in [0.2, 0.25) is 0 Å². The summed E-state index contributed by atoms with van der Waals surface area (Å²) < 4.78 is 90.3. The second kappa shape index (κ2) is 4.42. The molecule has 0 aromatic heterocycles. The third kappa shape index (κ3) is 1.91. The lowest BCUT2D eigenvalue weighted by Gasteiger charge is -2.31. The number of allylic oxidation sites excluding steroid dienone is 2. The quantitative estimate of drug-likeness (QED) is 0.448. The Morgan fingerprint density at radius 2 is 1.57 bits per heavy atom. The highest BCUT2D eigenvalue weighted by molar-refractivity contribution is 6.05. The van der Waals surface area contributed by atoms with Crippen molar-refractivity contribution < 1.29 is 40.6 Å². The smallest absolute Gasteiger partial charge is 0.460 e. The van der Waals surface area contributed by atoms with Gasteiger partial charge in [-0.3, -0.25) is 4.79 Å². The molecule has 1 N–H and O–H groups in total. The van der Waals surface area contributed by atoms with Gasteiger partial charge in [0.1, 0.15) is 0 Å². The number of alkyl halides is 7. The molecule has 2 saturated carbocycles. The van der Waals surface area contributed by atoms with Crippen LogP contribution in [0.25, 0.3) is 0 Å². The largest absolute Gasteiger partial charge is 0.506 e. The van der Waals surface area contributed by atoms with Crippen molar-refractivity contribution in [1.82, 2.24) is 0 Å². The summed E-state index contributed by atoms with van der Waals surface area (Å²) in [6, 6.07) is 0. The van der Waals surface area contributed by atoms with Gasteiger partial charge in [0.05, 0.1) is 0 Å². The van der Waals surface area contributed by atoms with E-state index in [2.05, 4.69) is 0 Å². The van der Waals surface area contributed by atoms with Gasteiger partial charge in [-0.25, -0.2) is 0 Å². The summed E-state index contributed by atoms with van der Waals surface area (Å²) in [5, 5.41) is 9.54. The van der Waals surface area contributed by atoms with Gasteiger partial charge in [0, 0.05) is 11.0 Å². The topological polar surface area (TPSA) is 37.3 Å². The number of rotatable bonds is 2. The van der Waals surface area contributed by atoms with Crippen molar-refractivity contribution in [2.45, 2.75) is 51.6 Å². The van der Waals surface area contributed by atoms with Crippen LogP contribution in [0.1, 0.15) is 33.6 Å². The maximum atomic E-state index is 13.7. The van der Waals surface area contributed by atoms with Crippen molar-refractivity contribution in [3.8, 4) is 0 Å². The van der Waals surface area contributed by atoms with Crippen LogP contribution in [0.4, 0.5) is 30.7 Å². The van der Waals surface area contributed by atoms with Crippen molar-refractivity contribution in [2.24, 2.45) is 16.7 Å². The van der Waals surface area contributed by atoms with Crippen LogP contribution in [0.3, 0.4) is 0 Å². The maximum Gasteiger partial charge on any atom is 0.460 e. The van der Waals surface area contributed by atoms with Gasteiger partial charge in [-0.2, -0.15) is 30.7 Å². The number of halogens is 7. The Balaban J connectivity index is 2.62. The molecule has 2 fully saturated rings. The van der Waals surface area contributed by atoms with E-state index in [0.717, 1.165) is 0 Å². The fourth-order valence-corrected chi connectivity index (χ4v) is 3.64. The van der Waals surface area contributed by atoms with E-state index < -0.39 is 51.9 Å². The molecule has 2 atom stereocenters. The van der Waals surface area contributed by atoms with Crippen LogP contribution in [0.15, 0.2) is 11.3 Å². The Hall–Kier alpha value is -1.28. The molecule has 0 radical (unpaired) electrons. The summed E-state index contributed by atoms with van der Waals surface area (Å²) in [4.78, 5) is 12.3. The number of carbonyl (C=O) groups excluding carboxylic acids is 1. The summed E-state index contributed by atoms with van der Waals surface area (Å²) in [5.74, 6) is -16.8. The van der Waals surface area contributed by atoms with Gasteiger partial charge in [-0.15, -0.1) is 0 Å². The van der Waals surface area contributed by atoms with E-state index in [4.69, 9.17) is 0 Å². The zero-order valence-electron chi connectivity index (χ0n) is 12.5. The third-order valence-corrected chi connectivity index (χ3v) is 5.62. The molecule has 2 aliphatic carbocycles. The Morgan fingerprint density at radius 3 is 1.91 bits per heavy atom. The van der Waals surface area contributed by atoms with Crippen LogP contribution in [-0.2, 0) is 4.79 Å². The Bertz CT molecular complexity index is 588. The lowest BCUT2D eigenvalue weighted by atomic mass is 9.70. The van der Waals surface area contributed by atoms with Gasteiger partial charge in [0.25, 0.3) is 0 Å². The second-order valence-electron chi connectivity index (χ2n) is 6.88. The van der Waals surface area contributed by atoms with Crippen LogP contribution in [0.2, 0.25) is 0 Å². The van der Waals surface area contributed by atoms with E-state index in [1.807, 2.05) is 0 Å². The molecule has 0 aliphatic heterocycles. The van der Waals surface area contributed by atoms with Gasteiger partial charge in [-0.1, -0.05) is 20.8 Å². The fourth-order valence-electron chi connectivity index (χ4n) is 3.64. The fraction of sp³-hybridized carbons (Fsp3) is 0.786. The average Bonchev–Trinajstić information content (AvgIpc) is 2.68. The Labute approximate surface area is 127 Å². The molecule has 0 unspecified atom stereocenters. The van der Waals surface area contributed by atoms with Crippen LogP contribution >= 0.6 is 0 Å². The van der Waals surface area contributed by atoms with E-state index in [-0.39, 0.29) is 6.42 Å². The lowest BCUT2D eigenvalue weighted by Crippen LogP contribution is -2.53. The Morgan fingerprint density at radius 1 is 1.09 bits per heavy atom. The molecule has 2 nitrogen and oxygen atoms in total. The van der Waals surface area contributed by atoms with E-state index in [1.165, 1.54) is 6.92 Å². The zero-order valence-corrected chi connectivity index (χ0v) is 12.5.